The first-order valence-electron chi connectivity index (χ1n) is 7.61. The lowest BCUT2D eigenvalue weighted by atomic mass is 10.1. The van der Waals surface area contributed by atoms with E-state index in [4.69, 9.17) is 0 Å². The highest BCUT2D eigenvalue weighted by molar-refractivity contribution is 9.10. The van der Waals surface area contributed by atoms with Gasteiger partial charge in [0, 0.05) is 17.2 Å². The number of carbonyl (C=O) groups excluding carboxylic acids is 2. The van der Waals surface area contributed by atoms with Gasteiger partial charge in [0.1, 0.15) is 5.69 Å². The SMILES string of the molecule is O=C(NNC(=O)c1cc(-c2ccccc2)n[nH]1)c1ccc(Br)c([N+](=O)[O-])c1. The number of aromatic nitrogens is 2. The van der Waals surface area contributed by atoms with E-state index in [1.54, 1.807) is 6.07 Å². The van der Waals surface area contributed by atoms with Crippen LogP contribution in [0.3, 0.4) is 0 Å². The number of hydrogen-bond acceptors (Lipinski definition) is 5. The molecule has 2 aromatic carbocycles. The molecule has 10 heteroatoms. The van der Waals surface area contributed by atoms with Gasteiger partial charge in [0.2, 0.25) is 0 Å². The number of nitro benzene ring substituents is 1. The molecular weight excluding hydrogens is 418 g/mol. The minimum atomic E-state index is -0.693. The molecule has 0 atom stereocenters. The minimum Gasteiger partial charge on any atom is -0.272 e. The van der Waals surface area contributed by atoms with Gasteiger partial charge in [-0.05, 0) is 34.1 Å². The third-order valence-corrected chi connectivity index (χ3v) is 4.26. The van der Waals surface area contributed by atoms with Gasteiger partial charge in [-0.2, -0.15) is 5.10 Å². The summed E-state index contributed by atoms with van der Waals surface area (Å²) in [5.41, 5.74) is 5.78. The Balaban J connectivity index is 1.66. The van der Waals surface area contributed by atoms with Gasteiger partial charge in [-0.1, -0.05) is 30.3 Å². The molecular formula is C17H12BrN5O4. The average Bonchev–Trinajstić information content (AvgIpc) is 3.17. The summed E-state index contributed by atoms with van der Waals surface area (Å²) in [5, 5.41) is 17.6. The summed E-state index contributed by atoms with van der Waals surface area (Å²) in [6, 6.07) is 14.7. The van der Waals surface area contributed by atoms with Crippen LogP contribution < -0.4 is 10.9 Å². The maximum Gasteiger partial charge on any atom is 0.287 e. The molecule has 2 amide bonds. The van der Waals surface area contributed by atoms with Crippen LogP contribution in [0.2, 0.25) is 0 Å². The second-order valence-electron chi connectivity index (χ2n) is 5.36. The monoisotopic (exact) mass is 429 g/mol. The highest BCUT2D eigenvalue weighted by Gasteiger charge is 2.17. The molecule has 0 aliphatic heterocycles. The van der Waals surface area contributed by atoms with E-state index in [-0.39, 0.29) is 21.4 Å². The summed E-state index contributed by atoms with van der Waals surface area (Å²) in [6.45, 7) is 0. The third kappa shape index (κ3) is 4.18. The third-order valence-electron chi connectivity index (χ3n) is 3.59. The number of nitro groups is 1. The number of rotatable bonds is 4. The topological polar surface area (TPSA) is 130 Å². The van der Waals surface area contributed by atoms with E-state index in [0.717, 1.165) is 11.6 Å². The van der Waals surface area contributed by atoms with E-state index in [9.17, 15) is 19.7 Å². The van der Waals surface area contributed by atoms with Crippen LogP contribution in [0.5, 0.6) is 0 Å². The number of benzene rings is 2. The van der Waals surface area contributed by atoms with Crippen molar-refractivity contribution in [1.29, 1.82) is 0 Å². The summed E-state index contributed by atoms with van der Waals surface area (Å²) in [7, 11) is 0. The lowest BCUT2D eigenvalue weighted by molar-refractivity contribution is -0.385. The molecule has 9 nitrogen and oxygen atoms in total. The van der Waals surface area contributed by atoms with Crippen molar-refractivity contribution >= 4 is 33.4 Å². The summed E-state index contributed by atoms with van der Waals surface area (Å²) < 4.78 is 0.249. The van der Waals surface area contributed by atoms with E-state index in [0.29, 0.717) is 5.69 Å². The predicted molar refractivity (Wildman–Crippen MR) is 99.8 cm³/mol. The van der Waals surface area contributed by atoms with Crippen LogP contribution in [-0.4, -0.2) is 26.9 Å². The van der Waals surface area contributed by atoms with Crippen molar-refractivity contribution in [3.63, 3.8) is 0 Å². The summed E-state index contributed by atoms with van der Waals surface area (Å²) in [5.74, 6) is -1.30. The number of aromatic amines is 1. The number of halogens is 1. The molecule has 3 N–H and O–H groups in total. The van der Waals surface area contributed by atoms with Gasteiger partial charge in [-0.3, -0.25) is 35.7 Å². The fourth-order valence-corrected chi connectivity index (χ4v) is 2.63. The van der Waals surface area contributed by atoms with Crippen molar-refractivity contribution in [3.05, 3.63) is 80.4 Å². The molecule has 0 spiro atoms. The molecule has 1 heterocycles. The van der Waals surface area contributed by atoms with E-state index >= 15 is 0 Å². The number of nitrogens with one attached hydrogen (secondary N) is 3. The van der Waals surface area contributed by atoms with E-state index in [2.05, 4.69) is 37.0 Å². The van der Waals surface area contributed by atoms with Crippen LogP contribution in [0, 0.1) is 10.1 Å². The van der Waals surface area contributed by atoms with Crippen LogP contribution in [0.15, 0.2) is 59.1 Å². The fraction of sp³-hybridized carbons (Fsp3) is 0. The number of amides is 2. The Hall–Kier alpha value is -3.53. The normalized spacial score (nSPS) is 10.3. The Morgan fingerprint density at radius 3 is 2.44 bits per heavy atom. The smallest absolute Gasteiger partial charge is 0.272 e. The number of hydrazine groups is 1. The second kappa shape index (κ2) is 7.79. The van der Waals surface area contributed by atoms with Gasteiger partial charge in [-0.15, -0.1) is 0 Å². The second-order valence-corrected chi connectivity index (χ2v) is 6.22. The molecule has 3 aromatic rings. The van der Waals surface area contributed by atoms with Crippen molar-refractivity contribution in [2.75, 3.05) is 0 Å². The van der Waals surface area contributed by atoms with Crippen molar-refractivity contribution in [2.24, 2.45) is 0 Å². The molecule has 1 aromatic heterocycles. The molecule has 0 aliphatic carbocycles. The summed E-state index contributed by atoms with van der Waals surface area (Å²) in [4.78, 5) is 34.6. The number of nitrogens with zero attached hydrogens (tertiary/aromatic N) is 2. The highest BCUT2D eigenvalue weighted by Crippen LogP contribution is 2.25. The van der Waals surface area contributed by atoms with Crippen LogP contribution in [0.25, 0.3) is 11.3 Å². The lowest BCUT2D eigenvalue weighted by Gasteiger charge is -2.06. The number of hydrogen-bond donors (Lipinski definition) is 3. The Bertz CT molecular complexity index is 1020. The summed E-state index contributed by atoms with van der Waals surface area (Å²) >= 11 is 3.04. The number of carbonyl (C=O) groups is 2. The van der Waals surface area contributed by atoms with E-state index < -0.39 is 16.7 Å². The molecule has 0 unspecified atom stereocenters. The molecule has 27 heavy (non-hydrogen) atoms. The Labute approximate surface area is 161 Å². The molecule has 0 saturated carbocycles. The fourth-order valence-electron chi connectivity index (χ4n) is 2.24. The van der Waals surface area contributed by atoms with Gasteiger partial charge in [0.15, 0.2) is 0 Å². The first-order valence-corrected chi connectivity index (χ1v) is 8.40. The van der Waals surface area contributed by atoms with E-state index in [1.807, 2.05) is 30.3 Å². The van der Waals surface area contributed by atoms with Gasteiger partial charge >= 0.3 is 0 Å². The van der Waals surface area contributed by atoms with Crippen molar-refractivity contribution < 1.29 is 14.5 Å². The van der Waals surface area contributed by atoms with Crippen LogP contribution in [-0.2, 0) is 0 Å². The zero-order valence-corrected chi connectivity index (χ0v) is 15.2. The molecule has 0 fully saturated rings. The van der Waals surface area contributed by atoms with Gasteiger partial charge in [-0.25, -0.2) is 0 Å². The standard InChI is InChI=1S/C17H12BrN5O4/c18-12-7-6-11(8-15(12)23(26)27)16(24)21-22-17(25)14-9-13(19-20-14)10-4-2-1-3-5-10/h1-9H,(H,19,20)(H,21,24)(H,22,25). The van der Waals surface area contributed by atoms with Gasteiger partial charge in [0.25, 0.3) is 17.5 Å². The Morgan fingerprint density at radius 1 is 1.04 bits per heavy atom. The molecule has 0 aliphatic rings. The molecule has 0 saturated heterocycles. The minimum absolute atomic E-state index is 0.0276. The Kier molecular flexibility index (Phi) is 5.27. The molecule has 3 rings (SSSR count). The van der Waals surface area contributed by atoms with Crippen molar-refractivity contribution in [3.8, 4) is 11.3 Å². The average molecular weight is 430 g/mol. The zero-order chi connectivity index (χ0) is 19.4. The van der Waals surface area contributed by atoms with Crippen LogP contribution in [0.1, 0.15) is 20.8 Å². The van der Waals surface area contributed by atoms with Crippen LogP contribution in [0.4, 0.5) is 5.69 Å². The lowest BCUT2D eigenvalue weighted by Crippen LogP contribution is -2.41. The largest absolute Gasteiger partial charge is 0.287 e. The molecule has 0 bridgehead atoms. The van der Waals surface area contributed by atoms with Crippen molar-refractivity contribution in [2.45, 2.75) is 0 Å². The highest BCUT2D eigenvalue weighted by atomic mass is 79.9. The van der Waals surface area contributed by atoms with Crippen molar-refractivity contribution in [1.82, 2.24) is 21.0 Å². The first kappa shape index (κ1) is 18.3. The summed E-state index contributed by atoms with van der Waals surface area (Å²) in [6.07, 6.45) is 0. The Morgan fingerprint density at radius 2 is 1.74 bits per heavy atom. The zero-order valence-electron chi connectivity index (χ0n) is 13.6. The van der Waals surface area contributed by atoms with Crippen LogP contribution >= 0.6 is 15.9 Å². The molecule has 0 radical (unpaired) electrons. The van der Waals surface area contributed by atoms with Gasteiger partial charge in [0.05, 0.1) is 15.1 Å². The van der Waals surface area contributed by atoms with Gasteiger partial charge < -0.3 is 0 Å². The maximum atomic E-state index is 12.1. The first-order chi connectivity index (χ1) is 13.0. The predicted octanol–water partition coefficient (Wildman–Crippen LogP) is 2.82. The number of H-pyrrole nitrogens is 1. The quantitative estimate of drug-likeness (QED) is 0.433. The molecule has 136 valence electrons. The maximum absolute atomic E-state index is 12.1. The van der Waals surface area contributed by atoms with E-state index in [1.165, 1.54) is 12.1 Å².